The van der Waals surface area contributed by atoms with Crippen molar-refractivity contribution in [2.45, 2.75) is 31.8 Å². The van der Waals surface area contributed by atoms with Crippen LogP contribution in [0, 0.1) is 0 Å². The number of carbonyl (C=O) groups is 1. The number of hydrogen-bond donors (Lipinski definition) is 1. The van der Waals surface area contributed by atoms with Crippen LogP contribution in [0.1, 0.15) is 34.6 Å². The number of Topliss-reactive ketones (excluding diaryl/α,β-unsaturated/α-hetero) is 1. The molecule has 0 saturated carbocycles. The minimum Gasteiger partial charge on any atom is -0.321 e. The molecule has 26 heavy (non-hydrogen) atoms. The third kappa shape index (κ3) is 4.97. The average molecular weight is 368 g/mol. The maximum atomic E-state index is 12.5. The number of aromatic nitrogens is 1. The Labute approximate surface area is 158 Å². The fourth-order valence-corrected chi connectivity index (χ4v) is 3.96. The standard InChI is InChI=1S/C21H25N3OS/c1-24(15-16-9-3-2-4-10-16)14-8-7-11-17(22)20(25)21-23-18-12-5-6-13-19(18)26-21/h2-6,9-10,12-13,17H,7-8,11,14-15,22H2,1H3/t17-/m0/s1. The van der Waals surface area contributed by atoms with Crippen LogP contribution in [0.4, 0.5) is 0 Å². The minimum absolute atomic E-state index is 0.0381. The van der Waals surface area contributed by atoms with E-state index in [-0.39, 0.29) is 5.78 Å². The molecule has 0 aliphatic heterocycles. The molecule has 3 rings (SSSR count). The van der Waals surface area contributed by atoms with Crippen LogP contribution in [-0.4, -0.2) is 35.3 Å². The maximum absolute atomic E-state index is 12.5. The van der Waals surface area contributed by atoms with Gasteiger partial charge in [0.2, 0.25) is 5.78 Å². The van der Waals surface area contributed by atoms with Crippen LogP contribution < -0.4 is 5.73 Å². The third-order valence-corrected chi connectivity index (χ3v) is 5.49. The van der Waals surface area contributed by atoms with Gasteiger partial charge in [0, 0.05) is 6.54 Å². The summed E-state index contributed by atoms with van der Waals surface area (Å²) < 4.78 is 1.03. The quantitative estimate of drug-likeness (QED) is 0.457. The molecule has 1 heterocycles. The molecular formula is C21H25N3OS. The Morgan fingerprint density at radius 2 is 1.85 bits per heavy atom. The molecule has 0 aliphatic rings. The highest BCUT2D eigenvalue weighted by Gasteiger charge is 2.19. The molecule has 0 unspecified atom stereocenters. The molecule has 2 aromatic carbocycles. The molecule has 1 aromatic heterocycles. The first-order chi connectivity index (χ1) is 12.6. The molecule has 3 aromatic rings. The summed E-state index contributed by atoms with van der Waals surface area (Å²) in [5, 5.41) is 0.528. The molecule has 136 valence electrons. The van der Waals surface area contributed by atoms with E-state index in [0.29, 0.717) is 11.4 Å². The molecule has 0 radical (unpaired) electrons. The number of para-hydroxylation sites is 1. The highest BCUT2D eigenvalue weighted by atomic mass is 32.1. The second-order valence-corrected chi connectivity index (χ2v) is 7.71. The number of benzene rings is 2. The summed E-state index contributed by atoms with van der Waals surface area (Å²) in [4.78, 5) is 19.2. The van der Waals surface area contributed by atoms with Gasteiger partial charge in [0.05, 0.1) is 16.3 Å². The van der Waals surface area contributed by atoms with E-state index in [1.54, 1.807) is 0 Å². The number of rotatable bonds is 9. The van der Waals surface area contributed by atoms with Crippen molar-refractivity contribution < 1.29 is 4.79 Å². The Kier molecular flexibility index (Phi) is 6.50. The Balaban J connectivity index is 1.42. The van der Waals surface area contributed by atoms with Crippen molar-refractivity contribution in [2.24, 2.45) is 5.73 Å². The van der Waals surface area contributed by atoms with Crippen LogP contribution in [0.3, 0.4) is 0 Å². The Morgan fingerprint density at radius 1 is 1.12 bits per heavy atom. The molecular weight excluding hydrogens is 342 g/mol. The number of nitrogens with two attached hydrogens (primary N) is 1. The zero-order chi connectivity index (χ0) is 18.4. The van der Waals surface area contributed by atoms with E-state index < -0.39 is 6.04 Å². The van der Waals surface area contributed by atoms with Gasteiger partial charge < -0.3 is 10.6 Å². The number of hydrogen-bond acceptors (Lipinski definition) is 5. The van der Waals surface area contributed by atoms with Crippen molar-refractivity contribution in [1.29, 1.82) is 0 Å². The van der Waals surface area contributed by atoms with Crippen LogP contribution in [0.2, 0.25) is 0 Å². The average Bonchev–Trinajstić information content (AvgIpc) is 3.09. The fraction of sp³-hybridized carbons (Fsp3) is 0.333. The number of unbranched alkanes of at least 4 members (excludes halogenated alkanes) is 1. The van der Waals surface area contributed by atoms with Crippen molar-refractivity contribution in [3.05, 3.63) is 65.2 Å². The van der Waals surface area contributed by atoms with Crippen molar-refractivity contribution >= 4 is 27.3 Å². The number of fused-ring (bicyclic) bond motifs is 1. The molecule has 5 heteroatoms. The largest absolute Gasteiger partial charge is 0.321 e. The summed E-state index contributed by atoms with van der Waals surface area (Å²) in [7, 11) is 2.12. The van der Waals surface area contributed by atoms with E-state index >= 15 is 0 Å². The predicted molar refractivity (Wildman–Crippen MR) is 109 cm³/mol. The van der Waals surface area contributed by atoms with Crippen LogP contribution in [0.15, 0.2) is 54.6 Å². The molecule has 1 atom stereocenters. The molecule has 0 amide bonds. The van der Waals surface area contributed by atoms with Gasteiger partial charge in [-0.25, -0.2) is 4.98 Å². The minimum atomic E-state index is -0.463. The second-order valence-electron chi connectivity index (χ2n) is 6.68. The number of carbonyl (C=O) groups excluding carboxylic acids is 1. The van der Waals surface area contributed by atoms with E-state index in [1.165, 1.54) is 16.9 Å². The van der Waals surface area contributed by atoms with Crippen LogP contribution in [-0.2, 0) is 6.54 Å². The number of thiazole rings is 1. The van der Waals surface area contributed by atoms with Gasteiger partial charge >= 0.3 is 0 Å². The predicted octanol–water partition coefficient (Wildman–Crippen LogP) is 4.11. The van der Waals surface area contributed by atoms with E-state index in [1.807, 2.05) is 30.3 Å². The lowest BCUT2D eigenvalue weighted by atomic mass is 10.1. The molecule has 0 saturated heterocycles. The molecule has 4 nitrogen and oxygen atoms in total. The monoisotopic (exact) mass is 367 g/mol. The maximum Gasteiger partial charge on any atom is 0.208 e. The fourth-order valence-electron chi connectivity index (χ4n) is 2.99. The van der Waals surface area contributed by atoms with Crippen molar-refractivity contribution in [2.75, 3.05) is 13.6 Å². The highest BCUT2D eigenvalue weighted by Crippen LogP contribution is 2.23. The van der Waals surface area contributed by atoms with E-state index in [2.05, 4.69) is 41.2 Å². The van der Waals surface area contributed by atoms with E-state index in [9.17, 15) is 4.79 Å². The Bertz CT molecular complexity index is 814. The van der Waals surface area contributed by atoms with Gasteiger partial charge in [0.1, 0.15) is 0 Å². The zero-order valence-corrected chi connectivity index (χ0v) is 15.9. The van der Waals surface area contributed by atoms with Gasteiger partial charge in [-0.1, -0.05) is 48.9 Å². The summed E-state index contributed by atoms with van der Waals surface area (Å²) in [5.41, 5.74) is 8.30. The van der Waals surface area contributed by atoms with Gasteiger partial charge in [0.15, 0.2) is 5.01 Å². The lowest BCUT2D eigenvalue weighted by Crippen LogP contribution is -2.30. The molecule has 0 spiro atoms. The number of nitrogens with zero attached hydrogens (tertiary/aromatic N) is 2. The van der Waals surface area contributed by atoms with Crippen molar-refractivity contribution in [3.63, 3.8) is 0 Å². The summed E-state index contributed by atoms with van der Waals surface area (Å²) in [6, 6.07) is 17.8. The second kappa shape index (κ2) is 9.03. The van der Waals surface area contributed by atoms with Crippen LogP contribution in [0.5, 0.6) is 0 Å². The topological polar surface area (TPSA) is 59.2 Å². The molecule has 0 bridgehead atoms. The first kappa shape index (κ1) is 18.7. The van der Waals surface area contributed by atoms with Crippen molar-refractivity contribution in [1.82, 2.24) is 9.88 Å². The zero-order valence-electron chi connectivity index (χ0n) is 15.1. The summed E-state index contributed by atoms with van der Waals surface area (Å²) >= 11 is 1.43. The van der Waals surface area contributed by atoms with Gasteiger partial charge in [-0.3, -0.25) is 4.79 Å². The lowest BCUT2D eigenvalue weighted by molar-refractivity contribution is 0.0955. The summed E-state index contributed by atoms with van der Waals surface area (Å²) in [6.45, 7) is 1.94. The summed E-state index contributed by atoms with van der Waals surface area (Å²) in [6.07, 6.45) is 2.68. The smallest absolute Gasteiger partial charge is 0.208 e. The molecule has 0 fully saturated rings. The lowest BCUT2D eigenvalue weighted by Gasteiger charge is -2.17. The third-order valence-electron chi connectivity index (χ3n) is 4.44. The van der Waals surface area contributed by atoms with Crippen LogP contribution >= 0.6 is 11.3 Å². The van der Waals surface area contributed by atoms with Gasteiger partial charge in [0.25, 0.3) is 0 Å². The van der Waals surface area contributed by atoms with Gasteiger partial charge in [-0.15, -0.1) is 11.3 Å². The SMILES string of the molecule is CN(CCCC[C@H](N)C(=O)c1nc2ccccc2s1)Cc1ccccc1. The molecule has 2 N–H and O–H groups in total. The Morgan fingerprint density at radius 3 is 2.62 bits per heavy atom. The van der Waals surface area contributed by atoms with Crippen LogP contribution in [0.25, 0.3) is 10.2 Å². The van der Waals surface area contributed by atoms with E-state index in [4.69, 9.17) is 5.73 Å². The van der Waals surface area contributed by atoms with Gasteiger partial charge in [-0.2, -0.15) is 0 Å². The first-order valence-electron chi connectivity index (χ1n) is 9.01. The highest BCUT2D eigenvalue weighted by molar-refractivity contribution is 7.20. The van der Waals surface area contributed by atoms with Crippen molar-refractivity contribution in [3.8, 4) is 0 Å². The summed E-state index contributed by atoms with van der Waals surface area (Å²) in [5.74, 6) is -0.0381. The first-order valence-corrected chi connectivity index (χ1v) is 9.83. The van der Waals surface area contributed by atoms with E-state index in [0.717, 1.165) is 36.1 Å². The Hall–Kier alpha value is -2.08. The van der Waals surface area contributed by atoms with Gasteiger partial charge in [-0.05, 0) is 44.1 Å². The normalized spacial score (nSPS) is 12.6. The molecule has 0 aliphatic carbocycles. The number of ketones is 1.